The Morgan fingerprint density at radius 3 is 2.70 bits per heavy atom. The smallest absolute Gasteiger partial charge is 0.0465 e. The van der Waals surface area contributed by atoms with Gasteiger partial charge in [-0.2, -0.15) is 0 Å². The summed E-state index contributed by atoms with van der Waals surface area (Å²) < 4.78 is 5.84. The highest BCUT2D eigenvalue weighted by Gasteiger charge is 2.31. The fraction of sp³-hybridized carbons (Fsp3) is 1.00. The maximum Gasteiger partial charge on any atom is 0.0465 e. The molecule has 0 radical (unpaired) electrons. The van der Waals surface area contributed by atoms with E-state index in [0.29, 0.717) is 17.1 Å². The molecule has 10 heavy (non-hydrogen) atoms. The molecule has 58 valence electrons. The minimum Gasteiger partial charge on any atom is -0.383 e. The summed E-state index contributed by atoms with van der Waals surface area (Å²) in [5, 5.41) is 0. The maximum absolute atomic E-state index is 5.84. The van der Waals surface area contributed by atoms with Gasteiger partial charge < -0.3 is 4.74 Å². The fourth-order valence-corrected chi connectivity index (χ4v) is 50.1. The van der Waals surface area contributed by atoms with Crippen LogP contribution < -0.4 is 0 Å². The molecule has 2 fully saturated rings. The predicted octanol–water partition coefficient (Wildman–Crippen LogP) is -2.33. The molecule has 1 nitrogen and oxygen atoms in total. The summed E-state index contributed by atoms with van der Waals surface area (Å²) in [6, 6.07) is 0. The van der Waals surface area contributed by atoms with E-state index in [-0.39, 0.29) is 7.83 Å². The molecule has 1 atom stereocenters. The Morgan fingerprint density at radius 1 is 1.30 bits per heavy atom. The summed E-state index contributed by atoms with van der Waals surface area (Å²) in [5.74, 6) is 0. The van der Waals surface area contributed by atoms with Crippen LogP contribution in [0.2, 0.25) is 0 Å². The minimum absolute atomic E-state index is 0.0352. The lowest BCUT2D eigenvalue weighted by molar-refractivity contribution is 0.0655. The van der Waals surface area contributed by atoms with Crippen LogP contribution in [0.15, 0.2) is 0 Å². The van der Waals surface area contributed by atoms with Crippen LogP contribution in [-0.4, -0.2) is 45.8 Å². The van der Waals surface area contributed by atoms with Gasteiger partial charge in [0.25, 0.3) is 0 Å². The topological polar surface area (TPSA) is 9.23 Å². The van der Waals surface area contributed by atoms with Crippen LogP contribution in [0.25, 0.3) is 0 Å². The van der Waals surface area contributed by atoms with Crippen molar-refractivity contribution in [3.63, 3.8) is 0 Å². The molecule has 0 N–H and O–H groups in total. The molecule has 2 rings (SSSR count). The van der Waals surface area contributed by atoms with Crippen molar-refractivity contribution >= 4 is 33.5 Å². The zero-order valence-corrected chi connectivity index (χ0v) is 11.9. The summed E-state index contributed by atoms with van der Waals surface area (Å²) in [7, 11) is 2.18. The Kier molecular flexibility index (Phi) is 2.60. The van der Waals surface area contributed by atoms with E-state index < -0.39 is 0 Å². The van der Waals surface area contributed by atoms with Gasteiger partial charge in [0.05, 0.1) is 0 Å². The van der Waals surface area contributed by atoms with Crippen LogP contribution in [0.5, 0.6) is 0 Å². The first-order valence-electron chi connectivity index (χ1n) is 4.58. The Morgan fingerprint density at radius 2 is 2.20 bits per heavy atom. The third-order valence-corrected chi connectivity index (χ3v) is 81.6. The quantitative estimate of drug-likeness (QED) is 0.435. The van der Waals surface area contributed by atoms with Crippen molar-refractivity contribution in [3.8, 4) is 0 Å². The summed E-state index contributed by atoms with van der Waals surface area (Å²) in [6.07, 6.45) is 4.35. The monoisotopic (exact) mass is 204 g/mol. The van der Waals surface area contributed by atoms with Gasteiger partial charge in [-0.3, -0.25) is 0 Å². The van der Waals surface area contributed by atoms with E-state index in [1.54, 1.807) is 0 Å². The molecule has 2 heterocycles. The third kappa shape index (κ3) is 1.53. The molecule has 2 aliphatic rings. The van der Waals surface area contributed by atoms with Crippen LogP contribution in [0, 0.1) is 0 Å². The van der Waals surface area contributed by atoms with Gasteiger partial charge in [0.15, 0.2) is 0 Å². The molecule has 0 aromatic rings. The van der Waals surface area contributed by atoms with Crippen molar-refractivity contribution in [3.05, 3.63) is 0 Å². The molecular weight excluding hydrogens is 188 g/mol. The normalized spacial score (nSPS) is 48.0. The predicted molar refractivity (Wildman–Crippen MR) is 56.4 cm³/mol. The van der Waals surface area contributed by atoms with Gasteiger partial charge in [0, 0.05) is 20.2 Å². The van der Waals surface area contributed by atoms with E-state index in [9.17, 15) is 0 Å². The van der Waals surface area contributed by atoms with E-state index in [4.69, 9.17) is 4.74 Å². The Bertz CT molecular complexity index is 110. The molecule has 0 spiro atoms. The number of hydrogen-bond donors (Lipinski definition) is 0. The van der Waals surface area contributed by atoms with E-state index in [1.807, 2.05) is 0 Å². The van der Waals surface area contributed by atoms with Gasteiger partial charge in [0.2, 0.25) is 0 Å². The zero-order valence-electron chi connectivity index (χ0n) is 6.51. The van der Waals surface area contributed by atoms with Crippen molar-refractivity contribution in [1.82, 2.24) is 0 Å². The molecular formula is C5H16OSi4. The largest absolute Gasteiger partial charge is 0.383 e. The first kappa shape index (κ1) is 7.48. The summed E-state index contributed by atoms with van der Waals surface area (Å²) >= 11 is 0. The Hall–Kier alpha value is 0.828. The Labute approximate surface area is 70.2 Å². The van der Waals surface area contributed by atoms with Gasteiger partial charge in [-0.05, 0) is 44.9 Å². The second-order valence-electron chi connectivity index (χ2n) is 3.60. The van der Waals surface area contributed by atoms with Crippen LogP contribution in [0.4, 0.5) is 0 Å². The molecule has 0 bridgehead atoms. The van der Waals surface area contributed by atoms with Crippen molar-refractivity contribution in [2.24, 2.45) is 0 Å². The lowest BCUT2D eigenvalue weighted by Gasteiger charge is -2.33. The van der Waals surface area contributed by atoms with Crippen molar-refractivity contribution in [1.29, 1.82) is 0 Å². The third-order valence-electron chi connectivity index (χ3n) is 2.89. The molecule has 0 aromatic heterocycles. The summed E-state index contributed by atoms with van der Waals surface area (Å²) in [4.78, 5) is 0. The Balaban J connectivity index is 1.78. The van der Waals surface area contributed by atoms with Gasteiger partial charge in [-0.25, -0.2) is 0 Å². The molecule has 0 saturated carbocycles. The SMILES string of the molecule is C1CCC([SiH]2[SiH2][SiH2][SiH2]2)OC1. The van der Waals surface area contributed by atoms with E-state index in [0.717, 1.165) is 20.9 Å². The average molecular weight is 205 g/mol. The average Bonchev–Trinajstić information content (AvgIpc) is 1.86. The molecule has 1 unspecified atom stereocenters. The number of hydrogen-bond acceptors (Lipinski definition) is 1. The number of ether oxygens (including phenoxy) is 1. The van der Waals surface area contributed by atoms with Crippen molar-refractivity contribution in [2.75, 3.05) is 6.61 Å². The second-order valence-corrected chi connectivity index (χ2v) is 39.8. The van der Waals surface area contributed by atoms with Gasteiger partial charge in [-0.1, -0.05) is 0 Å². The van der Waals surface area contributed by atoms with Gasteiger partial charge >= 0.3 is 0 Å². The molecule has 5 heteroatoms. The maximum atomic E-state index is 5.84. The van der Waals surface area contributed by atoms with Gasteiger partial charge in [0.1, 0.15) is 0 Å². The van der Waals surface area contributed by atoms with E-state index in [1.165, 1.54) is 19.3 Å². The standard InChI is InChI=1S/C5H16OSi4/c1-2-4-6-5(3-1)10-8-7-9-10/h5,10H,1-4,7-9H2. The van der Waals surface area contributed by atoms with Crippen LogP contribution in [0.1, 0.15) is 19.3 Å². The summed E-state index contributed by atoms with van der Waals surface area (Å²) in [6.45, 7) is 1.12. The zero-order chi connectivity index (χ0) is 6.81. The van der Waals surface area contributed by atoms with Crippen LogP contribution in [-0.2, 0) is 4.74 Å². The molecule has 2 saturated heterocycles. The first-order valence-corrected chi connectivity index (χ1v) is 19.8. The highest BCUT2D eigenvalue weighted by atomic mass is 30.1. The van der Waals surface area contributed by atoms with Crippen LogP contribution >= 0.6 is 0 Å². The first-order chi connectivity index (χ1) is 4.97. The highest BCUT2D eigenvalue weighted by molar-refractivity contribution is 7.81. The molecule has 0 aliphatic carbocycles. The van der Waals surface area contributed by atoms with E-state index in [2.05, 4.69) is 0 Å². The molecule has 2 aliphatic heterocycles. The van der Waals surface area contributed by atoms with Crippen molar-refractivity contribution < 1.29 is 4.74 Å². The second kappa shape index (κ2) is 3.48. The summed E-state index contributed by atoms with van der Waals surface area (Å²) in [5.41, 5.74) is 0.952. The number of rotatable bonds is 1. The molecule has 0 amide bonds. The lowest BCUT2D eigenvalue weighted by Crippen LogP contribution is -2.60. The highest BCUT2D eigenvalue weighted by Crippen LogP contribution is 2.15. The van der Waals surface area contributed by atoms with Crippen molar-refractivity contribution in [2.45, 2.75) is 25.0 Å². The van der Waals surface area contributed by atoms with Gasteiger partial charge in [-0.15, -0.1) is 0 Å². The minimum atomic E-state index is 0.0352. The lowest BCUT2D eigenvalue weighted by atomic mass is 10.2. The van der Waals surface area contributed by atoms with Crippen LogP contribution in [0.3, 0.4) is 0 Å². The van der Waals surface area contributed by atoms with E-state index >= 15 is 0 Å². The molecule has 0 aromatic carbocycles. The fourth-order valence-electron chi connectivity index (χ4n) is 1.95.